The van der Waals surface area contributed by atoms with Gasteiger partial charge >= 0.3 is 0 Å². The van der Waals surface area contributed by atoms with Gasteiger partial charge in [-0.05, 0) is 43.7 Å². The molecular formula is C16H20N2O2. The monoisotopic (exact) mass is 272 g/mol. The number of amides is 1. The number of hydrogen-bond acceptors (Lipinski definition) is 3. The molecular weight excluding hydrogens is 252 g/mol. The van der Waals surface area contributed by atoms with Gasteiger partial charge in [0.1, 0.15) is 11.3 Å². The topological polar surface area (TPSA) is 62.1 Å². The molecule has 1 aromatic carbocycles. The van der Waals surface area contributed by atoms with E-state index >= 15 is 0 Å². The van der Waals surface area contributed by atoms with Crippen LogP contribution in [-0.2, 0) is 11.2 Å². The maximum Gasteiger partial charge on any atom is 0.259 e. The molecule has 20 heavy (non-hydrogen) atoms. The van der Waals surface area contributed by atoms with Gasteiger partial charge in [0.25, 0.3) is 5.91 Å². The Hall–Kier alpha value is -2.02. The number of hydrogen-bond donors (Lipinski definition) is 1. The zero-order chi connectivity index (χ0) is 14.4. The van der Waals surface area contributed by atoms with E-state index in [1.54, 1.807) is 0 Å². The molecule has 0 radical (unpaired) electrons. The second-order valence-electron chi connectivity index (χ2n) is 5.20. The summed E-state index contributed by atoms with van der Waals surface area (Å²) in [5.74, 6) is 0.516. The first-order chi connectivity index (χ1) is 9.69. The van der Waals surface area contributed by atoms with Crippen molar-refractivity contribution in [1.29, 1.82) is 5.26 Å². The molecule has 1 fully saturated rings. The highest BCUT2D eigenvalue weighted by molar-refractivity contribution is 5.79. The SMILES string of the molecule is CCc1ccccc1OCC(=O)NC1(C#N)CCCC1. The number of carbonyl (C=O) groups is 1. The van der Waals surface area contributed by atoms with E-state index in [0.29, 0.717) is 0 Å². The number of para-hydroxylation sites is 1. The Morgan fingerprint density at radius 1 is 1.40 bits per heavy atom. The Labute approximate surface area is 119 Å². The fraction of sp³-hybridized carbons (Fsp3) is 0.500. The summed E-state index contributed by atoms with van der Waals surface area (Å²) in [4.78, 5) is 11.9. The third-order valence-electron chi connectivity index (χ3n) is 3.76. The number of nitrogens with zero attached hydrogens (tertiary/aromatic N) is 1. The number of aryl methyl sites for hydroxylation is 1. The zero-order valence-electron chi connectivity index (χ0n) is 11.8. The first-order valence-corrected chi connectivity index (χ1v) is 7.12. The Morgan fingerprint density at radius 2 is 2.10 bits per heavy atom. The lowest BCUT2D eigenvalue weighted by molar-refractivity contribution is -0.124. The molecule has 0 aromatic heterocycles. The molecule has 0 atom stereocenters. The molecule has 0 saturated heterocycles. The van der Waals surface area contributed by atoms with Gasteiger partial charge in [-0.2, -0.15) is 5.26 Å². The molecule has 1 aliphatic carbocycles. The lowest BCUT2D eigenvalue weighted by Gasteiger charge is -2.22. The van der Waals surface area contributed by atoms with Gasteiger partial charge in [0, 0.05) is 0 Å². The summed E-state index contributed by atoms with van der Waals surface area (Å²) in [6.45, 7) is 2.01. The fourth-order valence-corrected chi connectivity index (χ4v) is 2.63. The van der Waals surface area contributed by atoms with Crippen LogP contribution in [0.3, 0.4) is 0 Å². The summed E-state index contributed by atoms with van der Waals surface area (Å²) in [5, 5.41) is 12.1. The van der Waals surface area contributed by atoms with Crippen molar-refractivity contribution < 1.29 is 9.53 Å². The van der Waals surface area contributed by atoms with Crippen LogP contribution in [0, 0.1) is 11.3 Å². The van der Waals surface area contributed by atoms with E-state index in [2.05, 4.69) is 11.4 Å². The van der Waals surface area contributed by atoms with Crippen molar-refractivity contribution in [3.05, 3.63) is 29.8 Å². The van der Waals surface area contributed by atoms with E-state index < -0.39 is 5.54 Å². The molecule has 2 rings (SSSR count). The van der Waals surface area contributed by atoms with Crippen LogP contribution in [0.5, 0.6) is 5.75 Å². The molecule has 4 heteroatoms. The summed E-state index contributed by atoms with van der Waals surface area (Å²) in [5.41, 5.74) is 0.404. The van der Waals surface area contributed by atoms with Crippen molar-refractivity contribution in [3.63, 3.8) is 0 Å². The minimum Gasteiger partial charge on any atom is -0.483 e. The first-order valence-electron chi connectivity index (χ1n) is 7.12. The molecule has 1 N–H and O–H groups in total. The minimum atomic E-state index is -0.676. The normalized spacial score (nSPS) is 16.4. The zero-order valence-corrected chi connectivity index (χ0v) is 11.8. The maximum absolute atomic E-state index is 11.9. The van der Waals surface area contributed by atoms with Gasteiger partial charge in [-0.1, -0.05) is 25.1 Å². The van der Waals surface area contributed by atoms with Gasteiger partial charge in [0.15, 0.2) is 6.61 Å². The maximum atomic E-state index is 11.9. The van der Waals surface area contributed by atoms with Crippen molar-refractivity contribution in [2.24, 2.45) is 0 Å². The van der Waals surface area contributed by atoms with E-state index in [-0.39, 0.29) is 12.5 Å². The average molecular weight is 272 g/mol. The molecule has 1 aliphatic rings. The molecule has 1 amide bonds. The van der Waals surface area contributed by atoms with Crippen molar-refractivity contribution in [1.82, 2.24) is 5.32 Å². The fourth-order valence-electron chi connectivity index (χ4n) is 2.63. The Morgan fingerprint density at radius 3 is 2.75 bits per heavy atom. The largest absolute Gasteiger partial charge is 0.483 e. The highest BCUT2D eigenvalue weighted by atomic mass is 16.5. The molecule has 106 valence electrons. The summed E-state index contributed by atoms with van der Waals surface area (Å²) >= 11 is 0. The number of nitrogens with one attached hydrogen (secondary N) is 1. The lowest BCUT2D eigenvalue weighted by Crippen LogP contribution is -2.47. The molecule has 0 spiro atoms. The summed E-state index contributed by atoms with van der Waals surface area (Å²) < 4.78 is 5.57. The second-order valence-corrected chi connectivity index (χ2v) is 5.20. The van der Waals surface area contributed by atoms with Gasteiger partial charge in [0.2, 0.25) is 0 Å². The van der Waals surface area contributed by atoms with Gasteiger partial charge in [-0.15, -0.1) is 0 Å². The molecule has 0 unspecified atom stereocenters. The highest BCUT2D eigenvalue weighted by Crippen LogP contribution is 2.28. The van der Waals surface area contributed by atoms with Crippen LogP contribution in [-0.4, -0.2) is 18.1 Å². The van der Waals surface area contributed by atoms with Crippen molar-refractivity contribution in [2.75, 3.05) is 6.61 Å². The van der Waals surface area contributed by atoms with Crippen LogP contribution in [0.2, 0.25) is 0 Å². The van der Waals surface area contributed by atoms with Crippen LogP contribution in [0.4, 0.5) is 0 Å². The molecule has 0 heterocycles. The third-order valence-corrected chi connectivity index (χ3v) is 3.76. The second kappa shape index (κ2) is 6.42. The number of carbonyl (C=O) groups excluding carboxylic acids is 1. The van der Waals surface area contributed by atoms with Crippen LogP contribution in [0.1, 0.15) is 38.2 Å². The smallest absolute Gasteiger partial charge is 0.259 e. The molecule has 1 saturated carbocycles. The van der Waals surface area contributed by atoms with Gasteiger partial charge in [-0.25, -0.2) is 0 Å². The standard InChI is InChI=1S/C16H20N2O2/c1-2-13-7-3-4-8-14(13)20-11-15(19)18-16(12-17)9-5-6-10-16/h3-4,7-8H,2,5-6,9-11H2,1H3,(H,18,19). The van der Waals surface area contributed by atoms with Crippen molar-refractivity contribution >= 4 is 5.91 Å². The highest BCUT2D eigenvalue weighted by Gasteiger charge is 2.35. The molecule has 0 bridgehead atoms. The Kier molecular flexibility index (Phi) is 4.62. The predicted molar refractivity (Wildman–Crippen MR) is 76.3 cm³/mol. The van der Waals surface area contributed by atoms with E-state index in [0.717, 1.165) is 43.4 Å². The van der Waals surface area contributed by atoms with Crippen LogP contribution in [0.15, 0.2) is 24.3 Å². The van der Waals surface area contributed by atoms with E-state index in [1.165, 1.54) is 0 Å². The number of rotatable bonds is 5. The summed E-state index contributed by atoms with van der Waals surface area (Å²) in [7, 11) is 0. The van der Waals surface area contributed by atoms with Crippen LogP contribution >= 0.6 is 0 Å². The average Bonchev–Trinajstić information content (AvgIpc) is 2.94. The summed E-state index contributed by atoms with van der Waals surface area (Å²) in [6.07, 6.45) is 4.32. The number of benzene rings is 1. The summed E-state index contributed by atoms with van der Waals surface area (Å²) in [6, 6.07) is 9.93. The van der Waals surface area contributed by atoms with Crippen molar-refractivity contribution in [3.8, 4) is 11.8 Å². The van der Waals surface area contributed by atoms with Crippen LogP contribution < -0.4 is 10.1 Å². The first kappa shape index (κ1) is 14.4. The van der Waals surface area contributed by atoms with E-state index in [4.69, 9.17) is 4.74 Å². The number of nitriles is 1. The van der Waals surface area contributed by atoms with Gasteiger partial charge < -0.3 is 10.1 Å². The lowest BCUT2D eigenvalue weighted by atomic mass is 10.00. The van der Waals surface area contributed by atoms with Gasteiger partial charge in [0.05, 0.1) is 6.07 Å². The Bertz CT molecular complexity index is 513. The third kappa shape index (κ3) is 3.30. The number of ether oxygens (including phenoxy) is 1. The van der Waals surface area contributed by atoms with Crippen molar-refractivity contribution in [2.45, 2.75) is 44.6 Å². The predicted octanol–water partition coefficient (Wildman–Crippen LogP) is 2.58. The van der Waals surface area contributed by atoms with Gasteiger partial charge in [-0.3, -0.25) is 4.79 Å². The quantitative estimate of drug-likeness (QED) is 0.896. The Balaban J connectivity index is 1.91. The van der Waals surface area contributed by atoms with E-state index in [1.807, 2.05) is 31.2 Å². The van der Waals surface area contributed by atoms with E-state index in [9.17, 15) is 10.1 Å². The molecule has 1 aromatic rings. The molecule has 4 nitrogen and oxygen atoms in total. The van der Waals surface area contributed by atoms with Crippen LogP contribution in [0.25, 0.3) is 0 Å². The minimum absolute atomic E-state index is 0.0412. The molecule has 0 aliphatic heterocycles.